The number of rotatable bonds is 5. The van der Waals surface area contributed by atoms with Crippen LogP contribution in [-0.2, 0) is 0 Å². The second-order valence-corrected chi connectivity index (χ2v) is 3.39. The van der Waals surface area contributed by atoms with Crippen molar-refractivity contribution in [1.29, 1.82) is 5.26 Å². The van der Waals surface area contributed by atoms with Gasteiger partial charge in [0.05, 0.1) is 5.56 Å². The van der Waals surface area contributed by atoms with E-state index in [1.807, 2.05) is 0 Å². The molecule has 0 radical (unpaired) electrons. The highest BCUT2D eigenvalue weighted by molar-refractivity contribution is 5.47. The van der Waals surface area contributed by atoms with Gasteiger partial charge in [-0.2, -0.15) is 5.26 Å². The first kappa shape index (κ1) is 12.1. The number of nitrogens with one attached hydrogen (secondary N) is 1. The highest BCUT2D eigenvalue weighted by Gasteiger charge is 2.01. The standard InChI is InChI=1S/C13H13FN2/c1-2-3-4-5-8-16-12-7-6-11(10-15)13(14)9-12/h1,6-7,9,16H,3-5,8H2. The van der Waals surface area contributed by atoms with Crippen LogP contribution in [0.15, 0.2) is 18.2 Å². The molecule has 0 aliphatic rings. The van der Waals surface area contributed by atoms with E-state index < -0.39 is 5.82 Å². The summed E-state index contributed by atoms with van der Waals surface area (Å²) in [5, 5.41) is 11.6. The SMILES string of the molecule is C#CCCCCNc1ccc(C#N)c(F)c1. The van der Waals surface area contributed by atoms with E-state index in [1.165, 1.54) is 12.1 Å². The minimum absolute atomic E-state index is 0.0675. The third-order valence-electron chi connectivity index (χ3n) is 2.17. The summed E-state index contributed by atoms with van der Waals surface area (Å²) in [5.74, 6) is 2.08. The number of hydrogen-bond acceptors (Lipinski definition) is 2. The van der Waals surface area contributed by atoms with Crippen LogP contribution in [0, 0.1) is 29.5 Å². The lowest BCUT2D eigenvalue weighted by Crippen LogP contribution is -2.01. The summed E-state index contributed by atoms with van der Waals surface area (Å²) in [6.07, 6.45) is 7.80. The normalized spacial score (nSPS) is 9.19. The largest absolute Gasteiger partial charge is 0.385 e. The molecular weight excluding hydrogens is 203 g/mol. The van der Waals surface area contributed by atoms with Gasteiger partial charge in [-0.05, 0) is 31.0 Å². The van der Waals surface area contributed by atoms with E-state index in [0.29, 0.717) is 5.69 Å². The van der Waals surface area contributed by atoms with Crippen molar-refractivity contribution < 1.29 is 4.39 Å². The number of anilines is 1. The number of nitriles is 1. The van der Waals surface area contributed by atoms with Crippen LogP contribution >= 0.6 is 0 Å². The minimum atomic E-state index is -0.490. The maximum atomic E-state index is 13.2. The van der Waals surface area contributed by atoms with Crippen LogP contribution in [0.2, 0.25) is 0 Å². The molecule has 0 fully saturated rings. The molecule has 2 nitrogen and oxygen atoms in total. The first-order valence-corrected chi connectivity index (χ1v) is 5.15. The average Bonchev–Trinajstić information content (AvgIpc) is 2.29. The van der Waals surface area contributed by atoms with Crippen molar-refractivity contribution in [2.45, 2.75) is 19.3 Å². The summed E-state index contributed by atoms with van der Waals surface area (Å²) in [7, 11) is 0. The van der Waals surface area contributed by atoms with Crippen LogP contribution in [0.1, 0.15) is 24.8 Å². The Morgan fingerprint density at radius 2 is 2.19 bits per heavy atom. The smallest absolute Gasteiger partial charge is 0.143 e. The number of terminal acetylenes is 1. The number of unbranched alkanes of at least 4 members (excludes halogenated alkanes) is 2. The molecule has 0 saturated carbocycles. The zero-order valence-electron chi connectivity index (χ0n) is 8.96. The van der Waals surface area contributed by atoms with Gasteiger partial charge < -0.3 is 5.32 Å². The molecule has 1 N–H and O–H groups in total. The van der Waals surface area contributed by atoms with Crippen LogP contribution in [0.5, 0.6) is 0 Å². The number of halogens is 1. The van der Waals surface area contributed by atoms with Crippen molar-refractivity contribution in [2.24, 2.45) is 0 Å². The second-order valence-electron chi connectivity index (χ2n) is 3.39. The molecule has 0 saturated heterocycles. The summed E-state index contributed by atoms with van der Waals surface area (Å²) >= 11 is 0. The quantitative estimate of drug-likeness (QED) is 0.606. The van der Waals surface area contributed by atoms with Crippen molar-refractivity contribution in [1.82, 2.24) is 0 Å². The summed E-state index contributed by atoms with van der Waals surface area (Å²) in [5.41, 5.74) is 0.759. The molecule has 16 heavy (non-hydrogen) atoms. The summed E-state index contributed by atoms with van der Waals surface area (Å²) < 4.78 is 13.2. The van der Waals surface area contributed by atoms with Gasteiger partial charge in [-0.15, -0.1) is 12.3 Å². The van der Waals surface area contributed by atoms with Gasteiger partial charge in [0.1, 0.15) is 11.9 Å². The Hall–Kier alpha value is -2.00. The highest BCUT2D eigenvalue weighted by atomic mass is 19.1. The van der Waals surface area contributed by atoms with E-state index in [1.54, 1.807) is 12.1 Å². The Bertz CT molecular complexity index is 427. The Morgan fingerprint density at radius 1 is 1.38 bits per heavy atom. The molecule has 0 aliphatic heterocycles. The molecule has 0 heterocycles. The monoisotopic (exact) mass is 216 g/mol. The van der Waals surface area contributed by atoms with Crippen LogP contribution in [0.3, 0.4) is 0 Å². The fraction of sp³-hybridized carbons (Fsp3) is 0.308. The fourth-order valence-electron chi connectivity index (χ4n) is 1.30. The average molecular weight is 216 g/mol. The molecule has 0 aromatic heterocycles. The van der Waals surface area contributed by atoms with Crippen LogP contribution < -0.4 is 5.32 Å². The molecule has 1 aromatic rings. The van der Waals surface area contributed by atoms with E-state index in [2.05, 4.69) is 11.2 Å². The molecule has 1 rings (SSSR count). The highest BCUT2D eigenvalue weighted by Crippen LogP contribution is 2.13. The molecule has 1 aromatic carbocycles. The zero-order chi connectivity index (χ0) is 11.8. The van der Waals surface area contributed by atoms with Crippen molar-refractivity contribution in [3.63, 3.8) is 0 Å². The van der Waals surface area contributed by atoms with E-state index >= 15 is 0 Å². The van der Waals surface area contributed by atoms with E-state index in [-0.39, 0.29) is 5.56 Å². The van der Waals surface area contributed by atoms with Gasteiger partial charge in [0.15, 0.2) is 0 Å². The van der Waals surface area contributed by atoms with Gasteiger partial charge in [-0.1, -0.05) is 0 Å². The van der Waals surface area contributed by atoms with E-state index in [4.69, 9.17) is 11.7 Å². The van der Waals surface area contributed by atoms with Gasteiger partial charge in [0.25, 0.3) is 0 Å². The lowest BCUT2D eigenvalue weighted by atomic mass is 10.2. The van der Waals surface area contributed by atoms with Gasteiger partial charge >= 0.3 is 0 Å². The molecule has 0 atom stereocenters. The predicted molar refractivity (Wildman–Crippen MR) is 62.3 cm³/mol. The molecular formula is C13H13FN2. The lowest BCUT2D eigenvalue weighted by molar-refractivity contribution is 0.624. The van der Waals surface area contributed by atoms with E-state index in [0.717, 1.165) is 25.8 Å². The first-order chi connectivity index (χ1) is 7.77. The van der Waals surface area contributed by atoms with Crippen LogP contribution in [0.25, 0.3) is 0 Å². The van der Waals surface area contributed by atoms with Gasteiger partial charge in [-0.3, -0.25) is 0 Å². The Balaban J connectivity index is 2.41. The topological polar surface area (TPSA) is 35.8 Å². The van der Waals surface area contributed by atoms with Crippen molar-refractivity contribution in [2.75, 3.05) is 11.9 Å². The molecule has 0 amide bonds. The van der Waals surface area contributed by atoms with Crippen molar-refractivity contribution in [3.05, 3.63) is 29.6 Å². The molecule has 0 spiro atoms. The Labute approximate surface area is 95.1 Å². The fourth-order valence-corrected chi connectivity index (χ4v) is 1.30. The molecule has 0 unspecified atom stereocenters. The van der Waals surface area contributed by atoms with Crippen LogP contribution in [0.4, 0.5) is 10.1 Å². The van der Waals surface area contributed by atoms with Gasteiger partial charge in [-0.25, -0.2) is 4.39 Å². The predicted octanol–water partition coefficient (Wildman–Crippen LogP) is 2.91. The third kappa shape index (κ3) is 3.63. The first-order valence-electron chi connectivity index (χ1n) is 5.15. The van der Waals surface area contributed by atoms with Gasteiger partial charge in [0.2, 0.25) is 0 Å². The number of benzene rings is 1. The Kier molecular flexibility index (Phi) is 4.89. The minimum Gasteiger partial charge on any atom is -0.385 e. The summed E-state index contributed by atoms with van der Waals surface area (Å²) in [6.45, 7) is 0.757. The number of hydrogen-bond donors (Lipinski definition) is 1. The summed E-state index contributed by atoms with van der Waals surface area (Å²) in [6, 6.07) is 6.28. The Morgan fingerprint density at radius 3 is 2.81 bits per heavy atom. The molecule has 0 bridgehead atoms. The maximum absolute atomic E-state index is 13.2. The zero-order valence-corrected chi connectivity index (χ0v) is 8.96. The number of nitrogens with zero attached hydrogens (tertiary/aromatic N) is 1. The van der Waals surface area contributed by atoms with Gasteiger partial charge in [0, 0.05) is 18.7 Å². The lowest BCUT2D eigenvalue weighted by Gasteiger charge is -2.05. The van der Waals surface area contributed by atoms with Crippen LogP contribution in [-0.4, -0.2) is 6.54 Å². The van der Waals surface area contributed by atoms with E-state index in [9.17, 15) is 4.39 Å². The maximum Gasteiger partial charge on any atom is 0.143 e. The van der Waals surface area contributed by atoms with Crippen molar-refractivity contribution in [3.8, 4) is 18.4 Å². The second kappa shape index (κ2) is 6.48. The molecule has 0 aliphatic carbocycles. The molecule has 3 heteroatoms. The molecule has 82 valence electrons. The van der Waals surface area contributed by atoms with Crippen molar-refractivity contribution >= 4 is 5.69 Å². The third-order valence-corrected chi connectivity index (χ3v) is 2.17. The summed E-state index contributed by atoms with van der Waals surface area (Å²) in [4.78, 5) is 0.